The second-order valence-electron chi connectivity index (χ2n) is 7.87. The van der Waals surface area contributed by atoms with Gasteiger partial charge < -0.3 is 4.90 Å². The molecule has 0 fully saturated rings. The third kappa shape index (κ3) is 5.31. The van der Waals surface area contributed by atoms with Gasteiger partial charge in [0, 0.05) is 31.5 Å². The minimum absolute atomic E-state index is 0.0457. The first-order valence-corrected chi connectivity index (χ1v) is 11.9. The molecule has 2 aromatic carbocycles. The molecule has 1 amide bonds. The summed E-state index contributed by atoms with van der Waals surface area (Å²) in [6.07, 6.45) is 4.49. The fourth-order valence-corrected chi connectivity index (χ4v) is 4.45. The van der Waals surface area contributed by atoms with E-state index in [1.165, 1.54) is 17.3 Å². The number of aryl methyl sites for hydroxylation is 2. The summed E-state index contributed by atoms with van der Waals surface area (Å²) in [4.78, 5) is 18.7. The molecule has 2 heterocycles. The summed E-state index contributed by atoms with van der Waals surface area (Å²) in [6.45, 7) is 4.77. The van der Waals surface area contributed by atoms with Crippen LogP contribution in [0.1, 0.15) is 23.6 Å². The number of thioether (sulfide) groups is 1. The van der Waals surface area contributed by atoms with E-state index in [1.54, 1.807) is 17.3 Å². The zero-order chi connectivity index (χ0) is 23.2. The third-order valence-electron chi connectivity index (χ3n) is 5.53. The second-order valence-corrected chi connectivity index (χ2v) is 8.81. The normalized spacial score (nSPS) is 10.9. The molecule has 0 aliphatic heterocycles. The molecule has 0 bridgehead atoms. The van der Waals surface area contributed by atoms with Crippen LogP contribution in [0.5, 0.6) is 0 Å². The van der Waals surface area contributed by atoms with Gasteiger partial charge in [-0.15, -0.1) is 10.2 Å². The molecule has 0 atom stereocenters. The van der Waals surface area contributed by atoms with Crippen molar-refractivity contribution in [2.24, 2.45) is 0 Å². The minimum atomic E-state index is 0.0457. The van der Waals surface area contributed by atoms with Gasteiger partial charge in [-0.3, -0.25) is 14.3 Å². The van der Waals surface area contributed by atoms with E-state index in [0.29, 0.717) is 11.7 Å². The lowest BCUT2D eigenvalue weighted by Crippen LogP contribution is -2.27. The predicted octanol–water partition coefficient (Wildman–Crippen LogP) is 4.95. The highest BCUT2D eigenvalue weighted by Gasteiger charge is 2.19. The number of nitrogens with zero attached hydrogens (tertiary/aromatic N) is 5. The quantitative estimate of drug-likeness (QED) is 0.350. The van der Waals surface area contributed by atoms with E-state index in [1.807, 2.05) is 41.9 Å². The Kier molecular flexibility index (Phi) is 7.19. The maximum atomic E-state index is 12.9. The highest BCUT2D eigenvalue weighted by Crippen LogP contribution is 2.29. The number of hydrogen-bond donors (Lipinski definition) is 0. The average molecular weight is 458 g/mol. The summed E-state index contributed by atoms with van der Waals surface area (Å²) in [5.41, 5.74) is 5.44. The second kappa shape index (κ2) is 10.4. The highest BCUT2D eigenvalue weighted by molar-refractivity contribution is 7.99. The van der Waals surface area contributed by atoms with E-state index >= 15 is 0 Å². The van der Waals surface area contributed by atoms with Crippen LogP contribution < -0.4 is 0 Å². The van der Waals surface area contributed by atoms with Crippen LogP contribution in [-0.2, 0) is 17.8 Å². The van der Waals surface area contributed by atoms with E-state index in [-0.39, 0.29) is 11.7 Å². The lowest BCUT2D eigenvalue weighted by atomic mass is 10.1. The molecule has 0 saturated carbocycles. The molecular weight excluding hydrogens is 430 g/mol. The molecule has 0 radical (unpaired) electrons. The molecule has 2 aromatic heterocycles. The number of carbonyl (C=O) groups is 1. The summed E-state index contributed by atoms with van der Waals surface area (Å²) in [7, 11) is 1.84. The van der Waals surface area contributed by atoms with Gasteiger partial charge in [0.2, 0.25) is 5.91 Å². The standard InChI is InChI=1S/C26H27N5OS/c1-4-20-9-11-21(12-10-20)17-30(3)24(32)18-33-26-29-28-25(22-13-15-27-16-14-22)31(26)23-8-6-5-7-19(23)2/h5-16H,4,17-18H2,1-3H3. The number of carbonyl (C=O) groups excluding carboxylic acids is 1. The number of amides is 1. The lowest BCUT2D eigenvalue weighted by Gasteiger charge is -2.18. The van der Waals surface area contributed by atoms with Gasteiger partial charge in [0.15, 0.2) is 11.0 Å². The Balaban J connectivity index is 1.53. The van der Waals surface area contributed by atoms with Gasteiger partial charge in [0.1, 0.15) is 0 Å². The van der Waals surface area contributed by atoms with Gasteiger partial charge in [0.25, 0.3) is 0 Å². The third-order valence-corrected chi connectivity index (χ3v) is 6.44. The Labute approximate surface area is 198 Å². The summed E-state index contributed by atoms with van der Waals surface area (Å²) >= 11 is 1.40. The summed E-state index contributed by atoms with van der Waals surface area (Å²) in [5, 5.41) is 9.56. The number of pyridine rings is 1. The van der Waals surface area contributed by atoms with Crippen LogP contribution in [0.3, 0.4) is 0 Å². The highest BCUT2D eigenvalue weighted by atomic mass is 32.2. The maximum Gasteiger partial charge on any atom is 0.233 e. The summed E-state index contributed by atoms with van der Waals surface area (Å²) in [5.74, 6) is 1.06. The lowest BCUT2D eigenvalue weighted by molar-refractivity contribution is -0.127. The molecule has 6 nitrogen and oxygen atoms in total. The SMILES string of the molecule is CCc1ccc(CN(C)C(=O)CSc2nnc(-c3ccncc3)n2-c2ccccc2C)cc1. The van der Waals surface area contributed by atoms with Crippen LogP contribution in [0, 0.1) is 6.92 Å². The largest absolute Gasteiger partial charge is 0.341 e. The predicted molar refractivity (Wildman–Crippen MR) is 132 cm³/mol. The number of aromatic nitrogens is 4. The molecule has 0 unspecified atom stereocenters. The molecule has 168 valence electrons. The number of rotatable bonds is 8. The molecular formula is C26H27N5OS. The fraction of sp³-hybridized carbons (Fsp3) is 0.231. The number of benzene rings is 2. The van der Waals surface area contributed by atoms with Crippen molar-refractivity contribution in [2.45, 2.75) is 32.0 Å². The molecule has 0 aliphatic carbocycles. The molecule has 4 rings (SSSR count). The van der Waals surface area contributed by atoms with Crippen molar-refractivity contribution in [3.63, 3.8) is 0 Å². The molecule has 0 aliphatic rings. The van der Waals surface area contributed by atoms with Crippen LogP contribution in [0.25, 0.3) is 17.1 Å². The smallest absolute Gasteiger partial charge is 0.233 e. The fourth-order valence-electron chi connectivity index (χ4n) is 3.56. The van der Waals surface area contributed by atoms with Crippen LogP contribution in [0.4, 0.5) is 0 Å². The van der Waals surface area contributed by atoms with Crippen LogP contribution in [-0.4, -0.2) is 43.4 Å². The first-order chi connectivity index (χ1) is 16.1. The van der Waals surface area contributed by atoms with Gasteiger partial charge in [-0.1, -0.05) is 61.2 Å². The minimum Gasteiger partial charge on any atom is -0.341 e. The van der Waals surface area contributed by atoms with Gasteiger partial charge >= 0.3 is 0 Å². The first kappa shape index (κ1) is 22.7. The molecule has 33 heavy (non-hydrogen) atoms. The summed E-state index contributed by atoms with van der Waals surface area (Å²) < 4.78 is 2.02. The van der Waals surface area contributed by atoms with Crippen molar-refractivity contribution >= 4 is 17.7 Å². The van der Waals surface area contributed by atoms with E-state index in [4.69, 9.17) is 0 Å². The van der Waals surface area contributed by atoms with Crippen LogP contribution in [0.15, 0.2) is 78.2 Å². The van der Waals surface area contributed by atoms with Crippen molar-refractivity contribution in [1.29, 1.82) is 0 Å². The van der Waals surface area contributed by atoms with E-state index in [2.05, 4.69) is 59.4 Å². The van der Waals surface area contributed by atoms with Crippen molar-refractivity contribution in [2.75, 3.05) is 12.8 Å². The van der Waals surface area contributed by atoms with E-state index in [9.17, 15) is 4.79 Å². The molecule has 4 aromatic rings. The van der Waals surface area contributed by atoms with E-state index in [0.717, 1.165) is 34.6 Å². The monoisotopic (exact) mass is 457 g/mol. The van der Waals surface area contributed by atoms with Crippen molar-refractivity contribution in [3.05, 3.63) is 89.7 Å². The van der Waals surface area contributed by atoms with Crippen LogP contribution in [0.2, 0.25) is 0 Å². The zero-order valence-electron chi connectivity index (χ0n) is 19.1. The van der Waals surface area contributed by atoms with Crippen molar-refractivity contribution < 1.29 is 4.79 Å². The summed E-state index contributed by atoms with van der Waals surface area (Å²) in [6, 6.07) is 20.3. The topological polar surface area (TPSA) is 63.9 Å². The van der Waals surface area contributed by atoms with Crippen LogP contribution >= 0.6 is 11.8 Å². The Hall–Kier alpha value is -3.45. The maximum absolute atomic E-state index is 12.9. The van der Waals surface area contributed by atoms with E-state index < -0.39 is 0 Å². The molecule has 0 saturated heterocycles. The first-order valence-electron chi connectivity index (χ1n) is 10.9. The number of para-hydroxylation sites is 1. The molecule has 7 heteroatoms. The Morgan fingerprint density at radius 2 is 1.67 bits per heavy atom. The van der Waals surface area contributed by atoms with Crippen molar-refractivity contribution in [3.8, 4) is 17.1 Å². The van der Waals surface area contributed by atoms with Gasteiger partial charge in [0.05, 0.1) is 11.4 Å². The Morgan fingerprint density at radius 3 is 2.36 bits per heavy atom. The van der Waals surface area contributed by atoms with Crippen molar-refractivity contribution in [1.82, 2.24) is 24.6 Å². The Bertz CT molecular complexity index is 1220. The molecule has 0 N–H and O–H groups in total. The van der Waals surface area contributed by atoms with Gasteiger partial charge in [-0.05, 0) is 48.2 Å². The average Bonchev–Trinajstić information content (AvgIpc) is 3.27. The zero-order valence-corrected chi connectivity index (χ0v) is 19.9. The molecule has 0 spiro atoms. The number of hydrogen-bond acceptors (Lipinski definition) is 5. The van der Waals surface area contributed by atoms with Gasteiger partial charge in [-0.2, -0.15) is 0 Å². The Morgan fingerprint density at radius 1 is 0.970 bits per heavy atom. The van der Waals surface area contributed by atoms with Gasteiger partial charge in [-0.25, -0.2) is 0 Å².